The third-order valence-electron chi connectivity index (χ3n) is 6.23. The number of hydrogen-bond acceptors (Lipinski definition) is 4. The summed E-state index contributed by atoms with van der Waals surface area (Å²) in [6.07, 6.45) is 1.83. The molecule has 1 aliphatic heterocycles. The van der Waals surface area contributed by atoms with Crippen LogP contribution in [-0.4, -0.2) is 52.8 Å². The molecule has 1 amide bonds. The summed E-state index contributed by atoms with van der Waals surface area (Å²) < 4.78 is 2.14. The third kappa shape index (κ3) is 4.59. The number of fused-ring (bicyclic) bond motifs is 1. The fourth-order valence-corrected chi connectivity index (χ4v) is 4.66. The summed E-state index contributed by atoms with van der Waals surface area (Å²) in [6.45, 7) is 9.39. The van der Waals surface area contributed by atoms with Crippen molar-refractivity contribution in [2.24, 2.45) is 5.73 Å². The summed E-state index contributed by atoms with van der Waals surface area (Å²) in [5.41, 5.74) is 10.4. The van der Waals surface area contributed by atoms with Crippen LogP contribution >= 0.6 is 0 Å². The van der Waals surface area contributed by atoms with Gasteiger partial charge in [0.2, 0.25) is 5.91 Å². The van der Waals surface area contributed by atoms with Crippen molar-refractivity contribution in [1.29, 1.82) is 0 Å². The minimum Gasteiger partial charge on any atom is -0.369 e. The van der Waals surface area contributed by atoms with Crippen molar-refractivity contribution in [2.45, 2.75) is 45.7 Å². The first-order chi connectivity index (χ1) is 15.0. The maximum Gasteiger partial charge on any atom is 0.231 e. The Morgan fingerprint density at radius 2 is 1.94 bits per heavy atom. The standard InChI is InChI=1S/C25H33N5O/c1-4-23-22-11-10-20(15-24(22)30(27-23)18(2)3)28-12-13-29(17-25(26)31)21(16-28)14-19-8-6-5-7-9-19/h5-11,15,18,21H,4,12-14,16-17H2,1-3H3,(H2,26,31)/t21-/m0/s1. The maximum absolute atomic E-state index is 11.7. The Kier molecular flexibility index (Phi) is 6.28. The topological polar surface area (TPSA) is 67.4 Å². The zero-order chi connectivity index (χ0) is 22.0. The van der Waals surface area contributed by atoms with Crippen molar-refractivity contribution < 1.29 is 4.79 Å². The van der Waals surface area contributed by atoms with Crippen LogP contribution < -0.4 is 10.6 Å². The lowest BCUT2D eigenvalue weighted by Gasteiger charge is -2.42. The molecule has 6 heteroatoms. The molecule has 2 N–H and O–H groups in total. The molecule has 0 spiro atoms. The summed E-state index contributed by atoms with van der Waals surface area (Å²) >= 11 is 0. The molecule has 31 heavy (non-hydrogen) atoms. The number of piperazine rings is 1. The van der Waals surface area contributed by atoms with E-state index in [-0.39, 0.29) is 11.9 Å². The van der Waals surface area contributed by atoms with E-state index in [4.69, 9.17) is 10.8 Å². The average molecular weight is 420 g/mol. The highest BCUT2D eigenvalue weighted by Crippen LogP contribution is 2.29. The van der Waals surface area contributed by atoms with E-state index in [9.17, 15) is 4.79 Å². The fraction of sp³-hybridized carbons (Fsp3) is 0.440. The summed E-state index contributed by atoms with van der Waals surface area (Å²) in [7, 11) is 0. The van der Waals surface area contributed by atoms with Gasteiger partial charge in [-0.15, -0.1) is 0 Å². The Hall–Kier alpha value is -2.86. The number of rotatable bonds is 7. The second-order valence-corrected chi connectivity index (χ2v) is 8.77. The largest absolute Gasteiger partial charge is 0.369 e. The molecular weight excluding hydrogens is 386 g/mol. The number of benzene rings is 2. The number of anilines is 1. The van der Waals surface area contributed by atoms with Gasteiger partial charge in [-0.25, -0.2) is 0 Å². The van der Waals surface area contributed by atoms with Gasteiger partial charge in [0.25, 0.3) is 0 Å². The molecule has 0 saturated carbocycles. The second kappa shape index (κ2) is 9.10. The van der Waals surface area contributed by atoms with Gasteiger partial charge >= 0.3 is 0 Å². The van der Waals surface area contributed by atoms with Gasteiger partial charge < -0.3 is 10.6 Å². The number of hydrogen-bond donors (Lipinski definition) is 1. The first-order valence-electron chi connectivity index (χ1n) is 11.3. The van der Waals surface area contributed by atoms with E-state index in [1.165, 1.54) is 22.2 Å². The molecule has 1 saturated heterocycles. The van der Waals surface area contributed by atoms with Gasteiger partial charge in [0.05, 0.1) is 17.8 Å². The van der Waals surface area contributed by atoms with Crippen LogP contribution in [0.4, 0.5) is 5.69 Å². The number of carbonyl (C=O) groups is 1. The van der Waals surface area contributed by atoms with Crippen LogP contribution in [0.2, 0.25) is 0 Å². The molecule has 2 aromatic carbocycles. The van der Waals surface area contributed by atoms with Crippen molar-refractivity contribution in [3.05, 3.63) is 59.8 Å². The van der Waals surface area contributed by atoms with Gasteiger partial charge in [-0.1, -0.05) is 37.3 Å². The second-order valence-electron chi connectivity index (χ2n) is 8.77. The summed E-state index contributed by atoms with van der Waals surface area (Å²) in [6, 6.07) is 17.8. The van der Waals surface area contributed by atoms with Crippen molar-refractivity contribution in [2.75, 3.05) is 31.1 Å². The smallest absolute Gasteiger partial charge is 0.231 e. The highest BCUT2D eigenvalue weighted by Gasteiger charge is 2.28. The average Bonchev–Trinajstić information content (AvgIpc) is 3.14. The monoisotopic (exact) mass is 419 g/mol. The molecule has 0 bridgehead atoms. The molecule has 0 unspecified atom stereocenters. The van der Waals surface area contributed by atoms with Gasteiger partial charge in [-0.2, -0.15) is 5.10 Å². The fourth-order valence-electron chi connectivity index (χ4n) is 4.66. The third-order valence-corrected chi connectivity index (χ3v) is 6.23. The Morgan fingerprint density at radius 1 is 1.16 bits per heavy atom. The molecule has 0 radical (unpaired) electrons. The van der Waals surface area contributed by atoms with Gasteiger partial charge in [0.1, 0.15) is 0 Å². The zero-order valence-electron chi connectivity index (χ0n) is 18.8. The molecule has 2 heterocycles. The number of nitrogens with zero attached hydrogens (tertiary/aromatic N) is 4. The Bertz CT molecular complexity index is 1040. The van der Waals surface area contributed by atoms with Gasteiger partial charge in [-0.05, 0) is 50.5 Å². The summed E-state index contributed by atoms with van der Waals surface area (Å²) in [4.78, 5) is 16.3. The van der Waals surface area contributed by atoms with E-state index < -0.39 is 0 Å². The Morgan fingerprint density at radius 3 is 2.61 bits per heavy atom. The zero-order valence-corrected chi connectivity index (χ0v) is 18.8. The number of aryl methyl sites for hydroxylation is 1. The van der Waals surface area contributed by atoms with Crippen molar-refractivity contribution in [1.82, 2.24) is 14.7 Å². The number of aromatic nitrogens is 2. The minimum absolute atomic E-state index is 0.237. The molecular formula is C25H33N5O. The molecule has 1 aromatic heterocycles. The highest BCUT2D eigenvalue weighted by atomic mass is 16.1. The number of primary amides is 1. The molecule has 6 nitrogen and oxygen atoms in total. The van der Waals surface area contributed by atoms with Crippen LogP contribution in [0.3, 0.4) is 0 Å². The number of carbonyl (C=O) groups excluding carboxylic acids is 1. The normalized spacial score (nSPS) is 17.5. The van der Waals surface area contributed by atoms with E-state index in [0.717, 1.165) is 38.2 Å². The molecule has 3 aromatic rings. The van der Waals surface area contributed by atoms with Crippen LogP contribution in [-0.2, 0) is 17.6 Å². The Labute approximate surface area is 184 Å². The van der Waals surface area contributed by atoms with Crippen molar-refractivity contribution in [3.8, 4) is 0 Å². The number of amides is 1. The van der Waals surface area contributed by atoms with E-state index in [1.807, 2.05) is 6.07 Å². The minimum atomic E-state index is -0.263. The van der Waals surface area contributed by atoms with E-state index in [1.54, 1.807) is 0 Å². The first kappa shape index (κ1) is 21.4. The SMILES string of the molecule is CCc1nn(C(C)C)c2cc(N3CCN(CC(N)=O)[C@@H](Cc4ccccc4)C3)ccc12. The van der Waals surface area contributed by atoms with Crippen LogP contribution in [0.25, 0.3) is 10.9 Å². The lowest BCUT2D eigenvalue weighted by atomic mass is 10.0. The lowest BCUT2D eigenvalue weighted by molar-refractivity contribution is -0.119. The predicted molar refractivity (Wildman–Crippen MR) is 126 cm³/mol. The van der Waals surface area contributed by atoms with E-state index in [0.29, 0.717) is 12.6 Å². The van der Waals surface area contributed by atoms with Crippen molar-refractivity contribution >= 4 is 22.5 Å². The van der Waals surface area contributed by atoms with Gasteiger partial charge in [0, 0.05) is 42.8 Å². The lowest BCUT2D eigenvalue weighted by Crippen LogP contribution is -2.56. The van der Waals surface area contributed by atoms with Crippen LogP contribution in [0.1, 0.15) is 38.1 Å². The predicted octanol–water partition coefficient (Wildman–Crippen LogP) is 3.40. The molecule has 4 rings (SSSR count). The molecule has 1 atom stereocenters. The van der Waals surface area contributed by atoms with E-state index >= 15 is 0 Å². The van der Waals surface area contributed by atoms with Crippen LogP contribution in [0.15, 0.2) is 48.5 Å². The molecule has 0 aliphatic carbocycles. The van der Waals surface area contributed by atoms with Crippen LogP contribution in [0.5, 0.6) is 0 Å². The maximum atomic E-state index is 11.7. The molecule has 164 valence electrons. The first-order valence-corrected chi connectivity index (χ1v) is 11.3. The molecule has 1 aliphatic rings. The Balaban J connectivity index is 1.62. The molecule has 1 fully saturated rings. The van der Waals surface area contributed by atoms with E-state index in [2.05, 4.69) is 77.7 Å². The van der Waals surface area contributed by atoms with Gasteiger partial charge in [0.15, 0.2) is 0 Å². The summed E-state index contributed by atoms with van der Waals surface area (Å²) in [5, 5.41) is 6.09. The van der Waals surface area contributed by atoms with Crippen molar-refractivity contribution in [3.63, 3.8) is 0 Å². The van der Waals surface area contributed by atoms with Gasteiger partial charge in [-0.3, -0.25) is 14.4 Å². The van der Waals surface area contributed by atoms with Crippen LogP contribution in [0, 0.1) is 0 Å². The number of nitrogens with two attached hydrogens (primary N) is 1. The highest BCUT2D eigenvalue weighted by molar-refractivity contribution is 5.85. The summed E-state index contributed by atoms with van der Waals surface area (Å²) in [5.74, 6) is -0.263. The quantitative estimate of drug-likeness (QED) is 0.637.